The van der Waals surface area contributed by atoms with Crippen molar-refractivity contribution < 1.29 is 4.42 Å². The number of fused-ring (bicyclic) bond motifs is 7. The highest BCUT2D eigenvalue weighted by Gasteiger charge is 2.20. The second kappa shape index (κ2) is 12.4. The first-order chi connectivity index (χ1) is 26.7. The van der Waals surface area contributed by atoms with Crippen LogP contribution in [0.5, 0.6) is 0 Å². The van der Waals surface area contributed by atoms with Gasteiger partial charge < -0.3 is 4.42 Å². The number of furan rings is 1. The van der Waals surface area contributed by atoms with E-state index in [2.05, 4.69) is 164 Å². The Morgan fingerprint density at radius 1 is 0.407 bits per heavy atom. The molecule has 54 heavy (non-hydrogen) atoms. The summed E-state index contributed by atoms with van der Waals surface area (Å²) in [4.78, 5) is 10.7. The summed E-state index contributed by atoms with van der Waals surface area (Å²) in [5, 5.41) is 5.63. The van der Waals surface area contributed by atoms with Gasteiger partial charge in [0.2, 0.25) is 0 Å². The van der Waals surface area contributed by atoms with Crippen LogP contribution in [0.25, 0.3) is 109 Å². The van der Waals surface area contributed by atoms with Crippen LogP contribution < -0.4 is 0 Å². The molecule has 3 aromatic heterocycles. The van der Waals surface area contributed by atoms with Gasteiger partial charge in [-0.15, -0.1) is 11.3 Å². The van der Waals surface area contributed by atoms with E-state index in [4.69, 9.17) is 14.4 Å². The first-order valence-electron chi connectivity index (χ1n) is 18.1. The molecule has 11 rings (SSSR count). The van der Waals surface area contributed by atoms with E-state index in [1.54, 1.807) is 11.3 Å². The fourth-order valence-electron chi connectivity index (χ4n) is 7.79. The minimum atomic E-state index is 0.686. The maximum Gasteiger partial charge on any atom is 0.161 e. The molecular formula is C50H30N2OS. The summed E-state index contributed by atoms with van der Waals surface area (Å²) in [6.45, 7) is 0. The van der Waals surface area contributed by atoms with Gasteiger partial charge in [-0.1, -0.05) is 146 Å². The molecule has 0 amide bonds. The Hall–Kier alpha value is -6.88. The summed E-state index contributed by atoms with van der Waals surface area (Å²) >= 11 is 1.75. The molecule has 3 nitrogen and oxygen atoms in total. The van der Waals surface area contributed by atoms with Crippen LogP contribution in [0.15, 0.2) is 186 Å². The zero-order chi connectivity index (χ0) is 35.6. The van der Waals surface area contributed by atoms with E-state index >= 15 is 0 Å². The van der Waals surface area contributed by atoms with E-state index in [1.807, 2.05) is 18.2 Å². The molecule has 0 radical (unpaired) electrons. The minimum absolute atomic E-state index is 0.686. The third-order valence-electron chi connectivity index (χ3n) is 10.5. The molecule has 4 heteroatoms. The monoisotopic (exact) mass is 706 g/mol. The van der Waals surface area contributed by atoms with Crippen molar-refractivity contribution >= 4 is 64.4 Å². The molecule has 3 heterocycles. The molecule has 0 aliphatic heterocycles. The quantitative estimate of drug-likeness (QED) is 0.179. The van der Waals surface area contributed by atoms with Gasteiger partial charge in [0.1, 0.15) is 11.2 Å². The van der Waals surface area contributed by atoms with Gasteiger partial charge in [-0.25, -0.2) is 9.97 Å². The van der Waals surface area contributed by atoms with Crippen LogP contribution >= 0.6 is 11.3 Å². The lowest BCUT2D eigenvalue weighted by Gasteiger charge is -2.09. The van der Waals surface area contributed by atoms with Gasteiger partial charge in [0.05, 0.1) is 15.9 Å². The Morgan fingerprint density at radius 3 is 1.80 bits per heavy atom. The Morgan fingerprint density at radius 2 is 1.02 bits per heavy atom. The van der Waals surface area contributed by atoms with Gasteiger partial charge in [0.15, 0.2) is 5.82 Å². The van der Waals surface area contributed by atoms with E-state index in [-0.39, 0.29) is 0 Å². The van der Waals surface area contributed by atoms with E-state index in [0.717, 1.165) is 65.5 Å². The first kappa shape index (κ1) is 30.7. The standard InChI is InChI=1S/C50H30N2OS/c1-3-10-31(11-4-1)33-18-22-35(23-19-33)47-49-48(40-14-7-8-17-45(40)54-49)52-50(51-47)41-15-9-16-44-46(41)42-30-38(26-27-43(42)53-44)37-25-21-34-20-24-36(28-39(34)29-37)32-12-5-2-6-13-32/h1-30H. The van der Waals surface area contributed by atoms with Crippen LogP contribution in [0.1, 0.15) is 0 Å². The van der Waals surface area contributed by atoms with Gasteiger partial charge in [-0.05, 0) is 80.6 Å². The van der Waals surface area contributed by atoms with Gasteiger partial charge in [-0.3, -0.25) is 0 Å². The molecule has 0 aliphatic rings. The molecule has 0 spiro atoms. The largest absolute Gasteiger partial charge is 0.456 e. The molecule has 8 aromatic carbocycles. The maximum atomic E-state index is 6.50. The molecule has 0 bridgehead atoms. The van der Waals surface area contributed by atoms with Gasteiger partial charge in [-0.2, -0.15) is 0 Å². The number of nitrogens with zero attached hydrogens (tertiary/aromatic N) is 2. The normalized spacial score (nSPS) is 11.7. The first-order valence-corrected chi connectivity index (χ1v) is 19.0. The Bertz CT molecular complexity index is 3200. The molecule has 0 aliphatic carbocycles. The molecule has 0 saturated heterocycles. The summed E-state index contributed by atoms with van der Waals surface area (Å²) in [5.41, 5.74) is 12.7. The van der Waals surface area contributed by atoms with Crippen LogP contribution in [0.4, 0.5) is 0 Å². The van der Waals surface area contributed by atoms with Crippen molar-refractivity contribution in [2.24, 2.45) is 0 Å². The SMILES string of the molecule is c1ccc(-c2ccc(-c3nc(-c4cccc5oc6ccc(-c7ccc8ccc(-c9ccccc9)cc8c7)cc6c45)nc4c3sc3ccccc34)cc2)cc1. The number of benzene rings is 8. The minimum Gasteiger partial charge on any atom is -0.456 e. The second-order valence-electron chi connectivity index (χ2n) is 13.7. The van der Waals surface area contributed by atoms with E-state index < -0.39 is 0 Å². The fraction of sp³-hybridized carbons (Fsp3) is 0. The van der Waals surface area contributed by atoms with Crippen molar-refractivity contribution in [2.45, 2.75) is 0 Å². The predicted octanol–water partition coefficient (Wildman–Crippen LogP) is 14.2. The third-order valence-corrected chi connectivity index (χ3v) is 11.7. The average molecular weight is 707 g/mol. The highest BCUT2D eigenvalue weighted by Crippen LogP contribution is 2.43. The van der Waals surface area contributed by atoms with Crippen molar-refractivity contribution in [3.05, 3.63) is 182 Å². The Labute approximate surface area is 315 Å². The summed E-state index contributed by atoms with van der Waals surface area (Å²) in [5.74, 6) is 0.686. The highest BCUT2D eigenvalue weighted by atomic mass is 32.1. The van der Waals surface area contributed by atoms with Crippen molar-refractivity contribution in [2.75, 3.05) is 0 Å². The van der Waals surface area contributed by atoms with Crippen LogP contribution in [0.3, 0.4) is 0 Å². The van der Waals surface area contributed by atoms with Crippen molar-refractivity contribution in [1.29, 1.82) is 0 Å². The summed E-state index contributed by atoms with van der Waals surface area (Å²) in [6.07, 6.45) is 0. The van der Waals surface area contributed by atoms with Crippen molar-refractivity contribution in [3.8, 4) is 56.0 Å². The van der Waals surface area contributed by atoms with Crippen molar-refractivity contribution in [3.63, 3.8) is 0 Å². The molecule has 11 aromatic rings. The third kappa shape index (κ3) is 5.11. The lowest BCUT2D eigenvalue weighted by atomic mass is 9.96. The molecule has 0 fully saturated rings. The van der Waals surface area contributed by atoms with Crippen LogP contribution in [-0.2, 0) is 0 Å². The van der Waals surface area contributed by atoms with Crippen molar-refractivity contribution in [1.82, 2.24) is 9.97 Å². The summed E-state index contributed by atoms with van der Waals surface area (Å²) in [7, 11) is 0. The summed E-state index contributed by atoms with van der Waals surface area (Å²) in [6, 6.07) is 64.4. The van der Waals surface area contributed by atoms with E-state index in [9.17, 15) is 0 Å². The molecular weight excluding hydrogens is 677 g/mol. The van der Waals surface area contributed by atoms with Crippen LogP contribution in [-0.4, -0.2) is 9.97 Å². The topological polar surface area (TPSA) is 38.9 Å². The maximum absolute atomic E-state index is 6.50. The number of hydrogen-bond acceptors (Lipinski definition) is 4. The fourth-order valence-corrected chi connectivity index (χ4v) is 8.94. The molecule has 0 unspecified atom stereocenters. The average Bonchev–Trinajstić information content (AvgIpc) is 3.82. The number of thiophene rings is 1. The predicted molar refractivity (Wildman–Crippen MR) is 227 cm³/mol. The van der Waals surface area contributed by atoms with Gasteiger partial charge in [0.25, 0.3) is 0 Å². The van der Waals surface area contributed by atoms with E-state index in [1.165, 1.54) is 37.7 Å². The number of aromatic nitrogens is 2. The molecule has 0 atom stereocenters. The Balaban J connectivity index is 1.08. The number of hydrogen-bond donors (Lipinski definition) is 0. The zero-order valence-corrected chi connectivity index (χ0v) is 29.8. The highest BCUT2D eigenvalue weighted by molar-refractivity contribution is 7.26. The lowest BCUT2D eigenvalue weighted by Crippen LogP contribution is -1.94. The molecule has 252 valence electrons. The molecule has 0 N–H and O–H groups in total. The van der Waals surface area contributed by atoms with E-state index in [0.29, 0.717) is 5.82 Å². The Kier molecular flexibility index (Phi) is 7.04. The molecule has 0 saturated carbocycles. The van der Waals surface area contributed by atoms with Gasteiger partial charge in [0, 0.05) is 32.0 Å². The zero-order valence-electron chi connectivity index (χ0n) is 29.0. The number of rotatable bonds is 5. The summed E-state index contributed by atoms with van der Waals surface area (Å²) < 4.78 is 8.79. The van der Waals surface area contributed by atoms with Gasteiger partial charge >= 0.3 is 0 Å². The second-order valence-corrected chi connectivity index (χ2v) is 14.8. The van der Waals surface area contributed by atoms with Crippen LogP contribution in [0.2, 0.25) is 0 Å². The lowest BCUT2D eigenvalue weighted by molar-refractivity contribution is 0.669. The smallest absolute Gasteiger partial charge is 0.161 e. The van der Waals surface area contributed by atoms with Crippen LogP contribution in [0, 0.1) is 0 Å².